The average molecular weight is 363 g/mol. The van der Waals surface area contributed by atoms with E-state index >= 15 is 0 Å². The summed E-state index contributed by atoms with van der Waals surface area (Å²) >= 11 is 0. The average Bonchev–Trinajstić information content (AvgIpc) is 3.35. The van der Waals surface area contributed by atoms with E-state index in [1.807, 2.05) is 49.4 Å². The standard InChI is InChI=1S/C21H17NO5/c1-2-22-21(23)14-7-13-4-6-17-20(27-11-25-17)19(13)15(8-14)12-3-5-16-18(9-12)26-10-24-16/h3-9H,2,10-11H2,1H3,(H,22,23). The lowest BCUT2D eigenvalue weighted by Crippen LogP contribution is -2.22. The van der Waals surface area contributed by atoms with E-state index in [2.05, 4.69) is 5.32 Å². The number of rotatable bonds is 3. The molecule has 136 valence electrons. The van der Waals surface area contributed by atoms with Crippen molar-refractivity contribution in [2.24, 2.45) is 0 Å². The van der Waals surface area contributed by atoms with Crippen LogP contribution in [0.25, 0.3) is 21.9 Å². The molecule has 3 aromatic carbocycles. The largest absolute Gasteiger partial charge is 0.454 e. The van der Waals surface area contributed by atoms with E-state index < -0.39 is 0 Å². The lowest BCUT2D eigenvalue weighted by atomic mass is 9.94. The molecule has 0 bridgehead atoms. The van der Waals surface area contributed by atoms with Crippen molar-refractivity contribution in [1.82, 2.24) is 5.32 Å². The first kappa shape index (κ1) is 15.8. The Balaban J connectivity index is 1.77. The van der Waals surface area contributed by atoms with E-state index in [9.17, 15) is 4.79 Å². The number of nitrogens with one attached hydrogen (secondary N) is 1. The van der Waals surface area contributed by atoms with Gasteiger partial charge in [0.15, 0.2) is 23.0 Å². The Kier molecular flexibility index (Phi) is 3.57. The first-order chi connectivity index (χ1) is 13.2. The number of hydrogen-bond acceptors (Lipinski definition) is 5. The molecular weight excluding hydrogens is 346 g/mol. The third kappa shape index (κ3) is 2.52. The van der Waals surface area contributed by atoms with Gasteiger partial charge >= 0.3 is 0 Å². The SMILES string of the molecule is CCNC(=O)c1cc(-c2ccc3c(c2)OCO3)c2c3c(ccc2c1)OCO3. The Morgan fingerprint density at radius 1 is 0.926 bits per heavy atom. The van der Waals surface area contributed by atoms with Gasteiger partial charge in [-0.3, -0.25) is 4.79 Å². The molecule has 6 nitrogen and oxygen atoms in total. The van der Waals surface area contributed by atoms with Crippen molar-refractivity contribution < 1.29 is 23.7 Å². The minimum absolute atomic E-state index is 0.112. The summed E-state index contributed by atoms with van der Waals surface area (Å²) in [6.45, 7) is 2.87. The molecular formula is C21H17NO5. The van der Waals surface area contributed by atoms with E-state index in [4.69, 9.17) is 18.9 Å². The van der Waals surface area contributed by atoms with Crippen molar-refractivity contribution in [3.05, 3.63) is 48.0 Å². The third-order valence-electron chi connectivity index (χ3n) is 4.73. The molecule has 0 saturated carbocycles. The molecule has 5 rings (SSSR count). The summed E-state index contributed by atoms with van der Waals surface area (Å²) in [4.78, 5) is 12.5. The summed E-state index contributed by atoms with van der Waals surface area (Å²) < 4.78 is 22.2. The second-order valence-electron chi connectivity index (χ2n) is 6.35. The van der Waals surface area contributed by atoms with Crippen LogP contribution in [0.1, 0.15) is 17.3 Å². The fourth-order valence-electron chi connectivity index (χ4n) is 3.51. The van der Waals surface area contributed by atoms with E-state index in [1.165, 1.54) is 0 Å². The van der Waals surface area contributed by atoms with Crippen LogP contribution in [0.3, 0.4) is 0 Å². The number of benzene rings is 3. The summed E-state index contributed by atoms with van der Waals surface area (Å²) in [7, 11) is 0. The lowest BCUT2D eigenvalue weighted by Gasteiger charge is -2.13. The molecule has 0 fully saturated rings. The molecule has 0 unspecified atom stereocenters. The van der Waals surface area contributed by atoms with E-state index in [1.54, 1.807) is 0 Å². The third-order valence-corrected chi connectivity index (χ3v) is 4.73. The van der Waals surface area contributed by atoms with Crippen molar-refractivity contribution in [2.75, 3.05) is 20.1 Å². The second kappa shape index (κ2) is 6.09. The first-order valence-corrected chi connectivity index (χ1v) is 8.79. The summed E-state index contributed by atoms with van der Waals surface area (Å²) in [6, 6.07) is 13.3. The Morgan fingerprint density at radius 3 is 2.59 bits per heavy atom. The normalized spacial score (nSPS) is 13.8. The molecule has 6 heteroatoms. The maximum atomic E-state index is 12.5. The molecule has 3 aromatic rings. The smallest absolute Gasteiger partial charge is 0.251 e. The van der Waals surface area contributed by atoms with Crippen molar-refractivity contribution in [3.63, 3.8) is 0 Å². The highest BCUT2D eigenvalue weighted by molar-refractivity contribution is 6.08. The first-order valence-electron chi connectivity index (χ1n) is 8.79. The van der Waals surface area contributed by atoms with Crippen LogP contribution in [-0.4, -0.2) is 26.0 Å². The molecule has 0 aliphatic carbocycles. The molecule has 0 spiro atoms. The Hall–Kier alpha value is -3.41. The van der Waals surface area contributed by atoms with Gasteiger partial charge in [-0.2, -0.15) is 0 Å². The molecule has 1 amide bonds. The number of ether oxygens (including phenoxy) is 4. The zero-order valence-electron chi connectivity index (χ0n) is 14.7. The quantitative estimate of drug-likeness (QED) is 0.768. The van der Waals surface area contributed by atoms with Crippen LogP contribution in [0.4, 0.5) is 0 Å². The number of carbonyl (C=O) groups is 1. The maximum Gasteiger partial charge on any atom is 0.251 e. The Bertz CT molecular complexity index is 1080. The Morgan fingerprint density at radius 2 is 1.70 bits per heavy atom. The molecule has 2 heterocycles. The predicted molar refractivity (Wildman–Crippen MR) is 99.6 cm³/mol. The van der Waals surface area contributed by atoms with E-state index in [0.29, 0.717) is 35.1 Å². The fraction of sp³-hybridized carbons (Fsp3) is 0.190. The highest BCUT2D eigenvalue weighted by atomic mass is 16.7. The van der Waals surface area contributed by atoms with Crippen LogP contribution in [-0.2, 0) is 0 Å². The molecule has 0 atom stereocenters. The monoisotopic (exact) mass is 363 g/mol. The molecule has 27 heavy (non-hydrogen) atoms. The lowest BCUT2D eigenvalue weighted by molar-refractivity contribution is 0.0956. The second-order valence-corrected chi connectivity index (χ2v) is 6.35. The van der Waals surface area contributed by atoms with Crippen molar-refractivity contribution >= 4 is 16.7 Å². The van der Waals surface area contributed by atoms with E-state index in [0.717, 1.165) is 21.9 Å². The van der Waals surface area contributed by atoms with Gasteiger partial charge in [-0.05, 0) is 53.8 Å². The highest BCUT2D eigenvalue weighted by Crippen LogP contribution is 2.46. The summed E-state index contributed by atoms with van der Waals surface area (Å²) in [5, 5.41) is 4.69. The highest BCUT2D eigenvalue weighted by Gasteiger charge is 2.23. The van der Waals surface area contributed by atoms with Crippen LogP contribution in [0.15, 0.2) is 42.5 Å². The summed E-state index contributed by atoms with van der Waals surface area (Å²) in [6.07, 6.45) is 0. The van der Waals surface area contributed by atoms with Gasteiger partial charge in [0.05, 0.1) is 0 Å². The topological polar surface area (TPSA) is 66.0 Å². The molecule has 0 aromatic heterocycles. The minimum atomic E-state index is -0.112. The van der Waals surface area contributed by atoms with Crippen LogP contribution in [0.5, 0.6) is 23.0 Å². The van der Waals surface area contributed by atoms with Crippen LogP contribution in [0.2, 0.25) is 0 Å². The maximum absolute atomic E-state index is 12.5. The van der Waals surface area contributed by atoms with Crippen LogP contribution >= 0.6 is 0 Å². The minimum Gasteiger partial charge on any atom is -0.454 e. The summed E-state index contributed by atoms with van der Waals surface area (Å²) in [5.74, 6) is 2.69. The number of amides is 1. The van der Waals surface area contributed by atoms with E-state index in [-0.39, 0.29) is 19.5 Å². The van der Waals surface area contributed by atoms with Crippen molar-refractivity contribution in [3.8, 4) is 34.1 Å². The van der Waals surface area contributed by atoms with Crippen LogP contribution < -0.4 is 24.3 Å². The summed E-state index contributed by atoms with van der Waals surface area (Å²) in [5.41, 5.74) is 2.39. The van der Waals surface area contributed by atoms with Gasteiger partial charge in [-0.15, -0.1) is 0 Å². The van der Waals surface area contributed by atoms with Gasteiger partial charge < -0.3 is 24.3 Å². The predicted octanol–water partition coefficient (Wildman–Crippen LogP) is 3.71. The van der Waals surface area contributed by atoms with Crippen molar-refractivity contribution in [1.29, 1.82) is 0 Å². The number of hydrogen-bond donors (Lipinski definition) is 1. The zero-order chi connectivity index (χ0) is 18.4. The molecule has 2 aliphatic heterocycles. The zero-order valence-corrected chi connectivity index (χ0v) is 14.7. The number of fused-ring (bicyclic) bond motifs is 4. The molecule has 0 saturated heterocycles. The van der Waals surface area contributed by atoms with Gasteiger partial charge in [0, 0.05) is 17.5 Å². The van der Waals surface area contributed by atoms with Crippen LogP contribution in [0, 0.1) is 0 Å². The van der Waals surface area contributed by atoms with Gasteiger partial charge in [-0.25, -0.2) is 0 Å². The van der Waals surface area contributed by atoms with Gasteiger partial charge in [-0.1, -0.05) is 12.1 Å². The fourth-order valence-corrected chi connectivity index (χ4v) is 3.51. The van der Waals surface area contributed by atoms with Gasteiger partial charge in [0.1, 0.15) is 0 Å². The molecule has 0 radical (unpaired) electrons. The van der Waals surface area contributed by atoms with Gasteiger partial charge in [0.2, 0.25) is 13.6 Å². The Labute approximate surface area is 155 Å². The number of carbonyl (C=O) groups excluding carboxylic acids is 1. The molecule has 2 aliphatic rings. The van der Waals surface area contributed by atoms with Crippen molar-refractivity contribution in [2.45, 2.75) is 6.92 Å². The molecule has 1 N–H and O–H groups in total. The van der Waals surface area contributed by atoms with Gasteiger partial charge in [0.25, 0.3) is 5.91 Å².